The molecule has 0 spiro atoms. The molecule has 0 N–H and O–H groups in total. The van der Waals surface area contributed by atoms with Gasteiger partial charge in [-0.1, -0.05) is 0 Å². The van der Waals surface area contributed by atoms with E-state index >= 15 is 0 Å². The van der Waals surface area contributed by atoms with Crippen LogP contribution in [0.15, 0.2) is 9.85 Å². The maximum absolute atomic E-state index is 12.3. The SMILES string of the molecule is Cc1cc(C(=O)N(C)C2CCOCC2)sc1Br. The van der Waals surface area contributed by atoms with Crippen molar-refractivity contribution in [3.05, 3.63) is 20.3 Å². The smallest absolute Gasteiger partial charge is 0.263 e. The molecule has 17 heavy (non-hydrogen) atoms. The average Bonchev–Trinajstić information content (AvgIpc) is 2.69. The van der Waals surface area contributed by atoms with Crippen LogP contribution in [0.25, 0.3) is 0 Å². The summed E-state index contributed by atoms with van der Waals surface area (Å²) in [5.74, 6) is 0.121. The Bertz CT molecular complexity index is 393. The Morgan fingerprint density at radius 1 is 1.53 bits per heavy atom. The Labute approximate surface area is 114 Å². The maximum atomic E-state index is 12.3. The third-order valence-electron chi connectivity index (χ3n) is 3.13. The fraction of sp³-hybridized carbons (Fsp3) is 0.583. The third-order valence-corrected chi connectivity index (χ3v) is 5.25. The number of nitrogens with zero attached hydrogens (tertiary/aromatic N) is 1. The van der Waals surface area contributed by atoms with Crippen molar-refractivity contribution in [2.75, 3.05) is 20.3 Å². The predicted molar refractivity (Wildman–Crippen MR) is 72.7 cm³/mol. The van der Waals surface area contributed by atoms with E-state index in [4.69, 9.17) is 4.74 Å². The monoisotopic (exact) mass is 317 g/mol. The van der Waals surface area contributed by atoms with E-state index in [9.17, 15) is 4.79 Å². The lowest BCUT2D eigenvalue weighted by Gasteiger charge is -2.30. The summed E-state index contributed by atoms with van der Waals surface area (Å²) >= 11 is 4.97. The van der Waals surface area contributed by atoms with Crippen molar-refractivity contribution in [1.82, 2.24) is 4.90 Å². The topological polar surface area (TPSA) is 29.5 Å². The second kappa shape index (κ2) is 5.50. The number of ether oxygens (including phenoxy) is 1. The van der Waals surface area contributed by atoms with Crippen LogP contribution in [0.2, 0.25) is 0 Å². The lowest BCUT2D eigenvalue weighted by Crippen LogP contribution is -2.40. The normalized spacial score (nSPS) is 17.1. The highest BCUT2D eigenvalue weighted by atomic mass is 79.9. The summed E-state index contributed by atoms with van der Waals surface area (Å²) in [6.45, 7) is 3.52. The van der Waals surface area contributed by atoms with Gasteiger partial charge in [-0.05, 0) is 47.3 Å². The van der Waals surface area contributed by atoms with Crippen LogP contribution in [0.5, 0.6) is 0 Å². The number of hydrogen-bond donors (Lipinski definition) is 0. The first-order valence-electron chi connectivity index (χ1n) is 5.70. The highest BCUT2D eigenvalue weighted by Gasteiger charge is 2.24. The van der Waals surface area contributed by atoms with Crippen LogP contribution in [0.4, 0.5) is 0 Å². The molecule has 1 aromatic heterocycles. The number of rotatable bonds is 2. The molecule has 1 amide bonds. The van der Waals surface area contributed by atoms with Gasteiger partial charge in [0.05, 0.1) is 8.66 Å². The molecule has 1 fully saturated rings. The fourth-order valence-corrected chi connectivity index (χ4v) is 3.49. The maximum Gasteiger partial charge on any atom is 0.263 e. The lowest BCUT2D eigenvalue weighted by molar-refractivity contribution is 0.0365. The number of carbonyl (C=O) groups excluding carboxylic acids is 1. The van der Waals surface area contributed by atoms with E-state index in [0.717, 1.165) is 40.3 Å². The lowest BCUT2D eigenvalue weighted by atomic mass is 10.1. The van der Waals surface area contributed by atoms with Gasteiger partial charge < -0.3 is 9.64 Å². The number of halogens is 1. The molecule has 0 aromatic carbocycles. The standard InChI is InChI=1S/C12H16BrNO2S/c1-8-7-10(17-11(8)13)12(15)14(2)9-3-5-16-6-4-9/h7,9H,3-6H2,1-2H3. The molecule has 1 aliphatic rings. The Kier molecular flexibility index (Phi) is 4.22. The van der Waals surface area contributed by atoms with Gasteiger partial charge in [-0.3, -0.25) is 4.79 Å². The highest BCUT2D eigenvalue weighted by Crippen LogP contribution is 2.29. The molecule has 2 rings (SSSR count). The van der Waals surface area contributed by atoms with E-state index in [-0.39, 0.29) is 5.91 Å². The van der Waals surface area contributed by atoms with Gasteiger partial charge in [0, 0.05) is 26.3 Å². The molecule has 0 aliphatic carbocycles. The van der Waals surface area contributed by atoms with Crippen LogP contribution in [-0.2, 0) is 4.74 Å². The van der Waals surface area contributed by atoms with E-state index in [1.54, 1.807) is 0 Å². The van der Waals surface area contributed by atoms with Crippen LogP contribution in [0.3, 0.4) is 0 Å². The predicted octanol–water partition coefficient (Wildman–Crippen LogP) is 3.07. The third kappa shape index (κ3) is 2.89. The minimum absolute atomic E-state index is 0.121. The zero-order valence-electron chi connectivity index (χ0n) is 10.0. The Morgan fingerprint density at radius 3 is 2.71 bits per heavy atom. The number of amides is 1. The van der Waals surface area contributed by atoms with Crippen molar-refractivity contribution in [2.45, 2.75) is 25.8 Å². The molecular weight excluding hydrogens is 302 g/mol. The first kappa shape index (κ1) is 13.1. The van der Waals surface area contributed by atoms with Crippen LogP contribution < -0.4 is 0 Å². The average molecular weight is 318 g/mol. The van der Waals surface area contributed by atoms with Crippen molar-refractivity contribution in [1.29, 1.82) is 0 Å². The molecule has 1 saturated heterocycles. The number of thiophene rings is 1. The first-order valence-corrected chi connectivity index (χ1v) is 7.31. The second-order valence-electron chi connectivity index (χ2n) is 4.33. The van der Waals surface area contributed by atoms with Crippen LogP contribution in [0.1, 0.15) is 28.1 Å². The zero-order chi connectivity index (χ0) is 12.4. The van der Waals surface area contributed by atoms with Gasteiger partial charge in [0.1, 0.15) is 0 Å². The first-order chi connectivity index (χ1) is 8.09. The van der Waals surface area contributed by atoms with Crippen molar-refractivity contribution < 1.29 is 9.53 Å². The molecule has 0 saturated carbocycles. The number of aryl methyl sites for hydroxylation is 1. The molecule has 0 bridgehead atoms. The van der Waals surface area contributed by atoms with Gasteiger partial charge in [-0.15, -0.1) is 11.3 Å². The number of carbonyl (C=O) groups is 1. The van der Waals surface area contributed by atoms with Gasteiger partial charge in [0.25, 0.3) is 5.91 Å². The summed E-state index contributed by atoms with van der Waals surface area (Å²) in [6.07, 6.45) is 1.88. The minimum Gasteiger partial charge on any atom is -0.381 e. The van der Waals surface area contributed by atoms with Gasteiger partial charge >= 0.3 is 0 Å². The van der Waals surface area contributed by atoms with E-state index in [1.807, 2.05) is 24.9 Å². The zero-order valence-corrected chi connectivity index (χ0v) is 12.4. The molecule has 0 radical (unpaired) electrons. The molecule has 3 nitrogen and oxygen atoms in total. The quantitative estimate of drug-likeness (QED) is 0.839. The summed E-state index contributed by atoms with van der Waals surface area (Å²) < 4.78 is 6.36. The number of hydrogen-bond acceptors (Lipinski definition) is 3. The molecule has 1 aromatic rings. The van der Waals surface area contributed by atoms with Crippen LogP contribution in [-0.4, -0.2) is 37.1 Å². The Morgan fingerprint density at radius 2 is 2.18 bits per heavy atom. The fourth-order valence-electron chi connectivity index (χ4n) is 1.98. The van der Waals surface area contributed by atoms with E-state index in [0.29, 0.717) is 6.04 Å². The second-order valence-corrected chi connectivity index (χ2v) is 6.70. The summed E-state index contributed by atoms with van der Waals surface area (Å²) in [4.78, 5) is 15.0. The summed E-state index contributed by atoms with van der Waals surface area (Å²) in [7, 11) is 1.89. The molecule has 1 aliphatic heterocycles. The van der Waals surface area contributed by atoms with Gasteiger partial charge in [-0.25, -0.2) is 0 Å². The largest absolute Gasteiger partial charge is 0.381 e. The van der Waals surface area contributed by atoms with Crippen molar-refractivity contribution in [3.63, 3.8) is 0 Å². The van der Waals surface area contributed by atoms with Gasteiger partial charge in [-0.2, -0.15) is 0 Å². The Hall–Kier alpha value is -0.390. The molecule has 5 heteroatoms. The molecule has 94 valence electrons. The molecule has 2 heterocycles. The summed E-state index contributed by atoms with van der Waals surface area (Å²) in [5.41, 5.74) is 1.12. The highest BCUT2D eigenvalue weighted by molar-refractivity contribution is 9.11. The van der Waals surface area contributed by atoms with E-state index in [1.165, 1.54) is 11.3 Å². The van der Waals surface area contributed by atoms with Crippen molar-refractivity contribution >= 4 is 33.2 Å². The van der Waals surface area contributed by atoms with Gasteiger partial charge in [0.2, 0.25) is 0 Å². The Balaban J connectivity index is 2.08. The van der Waals surface area contributed by atoms with Crippen LogP contribution >= 0.6 is 27.3 Å². The van der Waals surface area contributed by atoms with E-state index < -0.39 is 0 Å². The van der Waals surface area contributed by atoms with Crippen LogP contribution in [0, 0.1) is 6.92 Å². The summed E-state index contributed by atoms with van der Waals surface area (Å²) in [5, 5.41) is 0. The molecular formula is C12H16BrNO2S. The van der Waals surface area contributed by atoms with Crippen molar-refractivity contribution in [3.8, 4) is 0 Å². The minimum atomic E-state index is 0.121. The molecule has 0 unspecified atom stereocenters. The molecule has 0 atom stereocenters. The van der Waals surface area contributed by atoms with Crippen molar-refractivity contribution in [2.24, 2.45) is 0 Å². The summed E-state index contributed by atoms with van der Waals surface area (Å²) in [6, 6.07) is 2.27. The van der Waals surface area contributed by atoms with E-state index in [2.05, 4.69) is 15.9 Å². The van der Waals surface area contributed by atoms with Gasteiger partial charge in [0.15, 0.2) is 0 Å².